The maximum atomic E-state index is 11.4. The molecule has 1 nitrogen and oxygen atoms in total. The van der Waals surface area contributed by atoms with E-state index in [0.29, 0.717) is 0 Å². The molecule has 0 unspecified atom stereocenters. The number of hydrogen-bond acceptors (Lipinski definition) is 1. The average Bonchev–Trinajstić information content (AvgIpc) is 2.20. The van der Waals surface area contributed by atoms with Gasteiger partial charge in [-0.1, -0.05) is 54.6 Å². The molecule has 0 radical (unpaired) electrons. The fourth-order valence-corrected chi connectivity index (χ4v) is 1.32. The molecule has 2 aromatic rings. The summed E-state index contributed by atoms with van der Waals surface area (Å²) in [6, 6.07) is 16.8. The van der Waals surface area contributed by atoms with Crippen molar-refractivity contribution < 1.29 is 34.7 Å². The van der Waals surface area contributed by atoms with Gasteiger partial charge in [-0.05, 0) is 11.1 Å². The molecule has 2 rings (SSSR count). The molecule has 0 heterocycles. The van der Waals surface area contributed by atoms with Crippen molar-refractivity contribution >= 4 is 12.4 Å². The fourth-order valence-electron chi connectivity index (χ4n) is 1.32. The molecule has 2 aromatic carbocycles. The molecule has 0 N–H and O–H groups in total. The van der Waals surface area contributed by atoms with Gasteiger partial charge in [0.2, 0.25) is 0 Å². The summed E-state index contributed by atoms with van der Waals surface area (Å²) in [5.74, 6) is 0.0775. The van der Waals surface area contributed by atoms with Gasteiger partial charge >= 0.3 is 29.6 Å². The molecule has 15 heavy (non-hydrogen) atoms. The van der Waals surface area contributed by atoms with E-state index in [9.17, 15) is 5.11 Å². The second-order valence-corrected chi connectivity index (χ2v) is 2.86. The van der Waals surface area contributed by atoms with Crippen molar-refractivity contribution in [2.24, 2.45) is 0 Å². The minimum Gasteiger partial charge on any atom is -0.872 e. The molecule has 0 atom stereocenters. The zero-order chi connectivity index (χ0) is 9.10. The van der Waals surface area contributed by atoms with Crippen molar-refractivity contribution in [3.05, 3.63) is 54.6 Å². The molecule has 0 amide bonds. The smallest absolute Gasteiger partial charge is 0.872 e. The third-order valence-corrected chi connectivity index (χ3v) is 1.97. The van der Waals surface area contributed by atoms with Crippen molar-refractivity contribution in [2.75, 3.05) is 0 Å². The van der Waals surface area contributed by atoms with E-state index in [1.54, 1.807) is 12.1 Å². The number of para-hydroxylation sites is 1. The Kier molecular flexibility index (Phi) is 6.70. The predicted molar refractivity (Wildman–Crippen MR) is 58.6 cm³/mol. The first-order chi connectivity index (χ1) is 6.38. The Bertz CT molecular complexity index is 403. The Morgan fingerprint density at radius 3 is 1.87 bits per heavy atom. The largest absolute Gasteiger partial charge is 1.00 e. The van der Waals surface area contributed by atoms with Crippen LogP contribution in [0.15, 0.2) is 54.6 Å². The summed E-state index contributed by atoms with van der Waals surface area (Å²) in [5, 5.41) is 11.4. The van der Waals surface area contributed by atoms with Crippen molar-refractivity contribution in [3.63, 3.8) is 0 Å². The number of benzene rings is 2. The summed E-state index contributed by atoms with van der Waals surface area (Å²) in [7, 11) is 0. The van der Waals surface area contributed by atoms with Crippen LogP contribution in [0.1, 0.15) is 0 Å². The van der Waals surface area contributed by atoms with Gasteiger partial charge < -0.3 is 5.11 Å². The summed E-state index contributed by atoms with van der Waals surface area (Å²) in [5.41, 5.74) is 1.75. The van der Waals surface area contributed by atoms with E-state index in [0.717, 1.165) is 11.1 Å². The molecule has 0 spiro atoms. The van der Waals surface area contributed by atoms with Crippen molar-refractivity contribution in [3.8, 4) is 16.9 Å². The minimum atomic E-state index is 0. The van der Waals surface area contributed by atoms with Crippen LogP contribution in [-0.4, -0.2) is 0 Å². The van der Waals surface area contributed by atoms with E-state index in [4.69, 9.17) is 0 Å². The van der Waals surface area contributed by atoms with Crippen LogP contribution < -0.4 is 34.7 Å². The maximum Gasteiger partial charge on any atom is 1.00 e. The summed E-state index contributed by atoms with van der Waals surface area (Å²) in [6.45, 7) is 0. The maximum absolute atomic E-state index is 11.4. The van der Waals surface area contributed by atoms with E-state index in [-0.39, 0.29) is 47.7 Å². The molecule has 0 bridgehead atoms. The Hall–Kier alpha value is -0.470. The third kappa shape index (κ3) is 3.54. The van der Waals surface area contributed by atoms with Crippen LogP contribution in [0.2, 0.25) is 0 Å². The molecular weight excluding hydrogens is 219 g/mol. The Labute approximate surface area is 118 Å². The molecule has 0 saturated carbocycles. The first kappa shape index (κ1) is 14.5. The number of rotatable bonds is 1. The Morgan fingerprint density at radius 1 is 0.733 bits per heavy atom. The van der Waals surface area contributed by atoms with E-state index >= 15 is 0 Å². The summed E-state index contributed by atoms with van der Waals surface area (Å²) >= 11 is 0. The molecule has 72 valence electrons. The normalized spacial score (nSPS) is 8.53. The molecular formula is C12H10ClNaO. The zero-order valence-electron chi connectivity index (χ0n) is 8.51. The van der Waals surface area contributed by atoms with Gasteiger partial charge in [-0.25, -0.2) is 0 Å². The van der Waals surface area contributed by atoms with Gasteiger partial charge in [0.1, 0.15) is 0 Å². The summed E-state index contributed by atoms with van der Waals surface area (Å²) in [4.78, 5) is 0. The van der Waals surface area contributed by atoms with Gasteiger partial charge in [0.15, 0.2) is 0 Å². The molecule has 0 aliphatic heterocycles. The van der Waals surface area contributed by atoms with Crippen molar-refractivity contribution in [2.45, 2.75) is 0 Å². The van der Waals surface area contributed by atoms with Crippen LogP contribution in [0.5, 0.6) is 5.75 Å². The zero-order valence-corrected chi connectivity index (χ0v) is 11.3. The molecule has 0 saturated heterocycles. The quantitative estimate of drug-likeness (QED) is 0.623. The Balaban J connectivity index is 0.000000980. The third-order valence-electron chi connectivity index (χ3n) is 1.97. The van der Waals surface area contributed by atoms with Crippen LogP contribution in [0.3, 0.4) is 0 Å². The van der Waals surface area contributed by atoms with E-state index in [2.05, 4.69) is 0 Å². The second-order valence-electron chi connectivity index (χ2n) is 2.86. The minimum absolute atomic E-state index is 0. The van der Waals surface area contributed by atoms with Crippen LogP contribution in [0.4, 0.5) is 0 Å². The van der Waals surface area contributed by atoms with Crippen LogP contribution in [0, 0.1) is 0 Å². The van der Waals surface area contributed by atoms with Gasteiger partial charge in [-0.2, -0.15) is 0 Å². The number of hydrogen-bond donors (Lipinski definition) is 0. The average molecular weight is 229 g/mol. The van der Waals surface area contributed by atoms with Crippen LogP contribution in [0.25, 0.3) is 11.1 Å². The van der Waals surface area contributed by atoms with E-state index < -0.39 is 0 Å². The summed E-state index contributed by atoms with van der Waals surface area (Å²) < 4.78 is 0. The van der Waals surface area contributed by atoms with E-state index in [1.165, 1.54) is 0 Å². The number of halogens is 1. The molecule has 3 heteroatoms. The van der Waals surface area contributed by atoms with Gasteiger partial charge in [-0.15, -0.1) is 18.2 Å². The fraction of sp³-hybridized carbons (Fsp3) is 0. The molecule has 0 fully saturated rings. The predicted octanol–water partition coefficient (Wildman–Crippen LogP) is -0.147. The summed E-state index contributed by atoms with van der Waals surface area (Å²) in [6.07, 6.45) is 0. The standard InChI is InChI=1S/C12H10O.ClH.Na/c13-12-9-5-4-8-11(12)10-6-2-1-3-7-10;;/h1-9,13H;1H;/q;;+1/p-1. The molecule has 0 aromatic heterocycles. The Morgan fingerprint density at radius 2 is 1.27 bits per heavy atom. The van der Waals surface area contributed by atoms with Gasteiger partial charge in [0.25, 0.3) is 0 Å². The van der Waals surface area contributed by atoms with Crippen LogP contribution in [-0.2, 0) is 0 Å². The first-order valence-corrected chi connectivity index (χ1v) is 4.19. The van der Waals surface area contributed by atoms with Gasteiger partial charge in [0, 0.05) is 0 Å². The van der Waals surface area contributed by atoms with Crippen molar-refractivity contribution in [1.82, 2.24) is 0 Å². The van der Waals surface area contributed by atoms with Crippen molar-refractivity contribution in [1.29, 1.82) is 0 Å². The first-order valence-electron chi connectivity index (χ1n) is 4.19. The second kappa shape index (κ2) is 6.91. The van der Waals surface area contributed by atoms with E-state index in [1.807, 2.05) is 42.5 Å². The topological polar surface area (TPSA) is 23.1 Å². The molecule has 0 aliphatic rings. The van der Waals surface area contributed by atoms with Gasteiger partial charge in [-0.3, -0.25) is 0 Å². The molecule has 0 aliphatic carbocycles. The monoisotopic (exact) mass is 228 g/mol. The van der Waals surface area contributed by atoms with Gasteiger partial charge in [0.05, 0.1) is 0 Å². The SMILES string of the molecule is Cl.[Na+].[O-]c1ccccc1-c1ccccc1. The van der Waals surface area contributed by atoms with Crippen LogP contribution >= 0.6 is 12.4 Å².